The molecule has 0 saturated carbocycles. The molecule has 0 unspecified atom stereocenters. The standard InChI is InChI=1S/C35H37Cl2N3O4S/c1-4-17-38-35(42)33(21-27-11-7-5-8-12-27)39(23-28-15-16-29(36)22-32(28)37)34(41)24-40(30-19-25(2)18-26(3)20-30)45(43,44)31-13-9-6-10-14-31/h5-16,18-20,22,33H,4,17,21,23-24H2,1-3H3,(H,38,42)/t33-/m1/s1. The molecule has 45 heavy (non-hydrogen) atoms. The van der Waals surface area contributed by atoms with Crippen molar-refractivity contribution >= 4 is 50.7 Å². The lowest BCUT2D eigenvalue weighted by molar-refractivity contribution is -0.140. The summed E-state index contributed by atoms with van der Waals surface area (Å²) in [6.07, 6.45) is 0.916. The number of carbonyl (C=O) groups is 2. The average Bonchev–Trinajstić information content (AvgIpc) is 3.01. The van der Waals surface area contributed by atoms with Gasteiger partial charge in [-0.25, -0.2) is 8.42 Å². The second-order valence-electron chi connectivity index (χ2n) is 10.9. The van der Waals surface area contributed by atoms with Crippen LogP contribution in [0.1, 0.15) is 35.6 Å². The predicted molar refractivity (Wildman–Crippen MR) is 181 cm³/mol. The minimum Gasteiger partial charge on any atom is -0.354 e. The van der Waals surface area contributed by atoms with Crippen molar-refractivity contribution in [2.24, 2.45) is 0 Å². The molecular formula is C35H37Cl2N3O4S. The van der Waals surface area contributed by atoms with Crippen LogP contribution in [0.3, 0.4) is 0 Å². The molecule has 4 aromatic rings. The first-order chi connectivity index (χ1) is 21.5. The summed E-state index contributed by atoms with van der Waals surface area (Å²) in [5.74, 6) is -0.907. The molecule has 1 atom stereocenters. The Morgan fingerprint density at radius 1 is 0.844 bits per heavy atom. The number of nitrogens with zero attached hydrogens (tertiary/aromatic N) is 2. The molecule has 236 valence electrons. The van der Waals surface area contributed by atoms with E-state index in [1.165, 1.54) is 17.0 Å². The van der Waals surface area contributed by atoms with Gasteiger partial charge in [-0.1, -0.05) is 90.8 Å². The Hall–Kier alpha value is -3.85. The molecule has 0 radical (unpaired) electrons. The first kappa shape index (κ1) is 34.0. The normalized spacial score (nSPS) is 11.9. The van der Waals surface area contributed by atoms with Gasteiger partial charge >= 0.3 is 0 Å². The second kappa shape index (κ2) is 15.4. The van der Waals surface area contributed by atoms with Gasteiger partial charge < -0.3 is 10.2 Å². The molecule has 0 spiro atoms. The second-order valence-corrected chi connectivity index (χ2v) is 13.6. The summed E-state index contributed by atoms with van der Waals surface area (Å²) < 4.78 is 29.4. The molecule has 0 aliphatic heterocycles. The van der Waals surface area contributed by atoms with Crippen molar-refractivity contribution in [2.45, 2.75) is 51.1 Å². The van der Waals surface area contributed by atoms with Crippen molar-refractivity contribution in [2.75, 3.05) is 17.4 Å². The van der Waals surface area contributed by atoms with E-state index in [9.17, 15) is 18.0 Å². The van der Waals surface area contributed by atoms with Crippen LogP contribution < -0.4 is 9.62 Å². The Balaban J connectivity index is 1.83. The van der Waals surface area contributed by atoms with E-state index in [1.54, 1.807) is 48.5 Å². The number of amides is 2. The van der Waals surface area contributed by atoms with Gasteiger partial charge in [0.2, 0.25) is 11.8 Å². The quantitative estimate of drug-likeness (QED) is 0.167. The van der Waals surface area contributed by atoms with E-state index >= 15 is 0 Å². The van der Waals surface area contributed by atoms with Gasteiger partial charge in [0.25, 0.3) is 10.0 Å². The maximum Gasteiger partial charge on any atom is 0.264 e. The van der Waals surface area contributed by atoms with Gasteiger partial charge in [0.15, 0.2) is 0 Å². The smallest absolute Gasteiger partial charge is 0.264 e. The van der Waals surface area contributed by atoms with Gasteiger partial charge in [-0.05, 0) is 78.9 Å². The van der Waals surface area contributed by atoms with E-state index < -0.39 is 28.5 Å². The number of hydrogen-bond donors (Lipinski definition) is 1. The van der Waals surface area contributed by atoms with E-state index in [4.69, 9.17) is 23.2 Å². The van der Waals surface area contributed by atoms with Crippen molar-refractivity contribution < 1.29 is 18.0 Å². The summed E-state index contributed by atoms with van der Waals surface area (Å²) in [5, 5.41) is 3.69. The molecule has 2 amide bonds. The Morgan fingerprint density at radius 3 is 2.07 bits per heavy atom. The molecule has 1 N–H and O–H groups in total. The predicted octanol–water partition coefficient (Wildman–Crippen LogP) is 6.97. The van der Waals surface area contributed by atoms with Gasteiger partial charge in [-0.15, -0.1) is 0 Å². The van der Waals surface area contributed by atoms with Crippen LogP contribution in [0.15, 0.2) is 102 Å². The van der Waals surface area contributed by atoms with Crippen LogP contribution >= 0.6 is 23.2 Å². The Kier molecular flexibility index (Phi) is 11.7. The van der Waals surface area contributed by atoms with E-state index in [0.29, 0.717) is 34.3 Å². The van der Waals surface area contributed by atoms with Gasteiger partial charge in [0, 0.05) is 29.6 Å². The molecule has 0 aliphatic carbocycles. The molecule has 4 rings (SSSR count). The summed E-state index contributed by atoms with van der Waals surface area (Å²) in [7, 11) is -4.18. The number of benzene rings is 4. The van der Waals surface area contributed by atoms with Crippen molar-refractivity contribution in [3.63, 3.8) is 0 Å². The number of hydrogen-bond acceptors (Lipinski definition) is 4. The highest BCUT2D eigenvalue weighted by molar-refractivity contribution is 7.92. The Morgan fingerprint density at radius 2 is 1.47 bits per heavy atom. The summed E-state index contributed by atoms with van der Waals surface area (Å²) in [6.45, 7) is 5.52. The minimum absolute atomic E-state index is 0.0437. The van der Waals surface area contributed by atoms with Crippen LogP contribution in [0.4, 0.5) is 5.69 Å². The number of carbonyl (C=O) groups excluding carboxylic acids is 2. The highest BCUT2D eigenvalue weighted by Crippen LogP contribution is 2.28. The summed E-state index contributed by atoms with van der Waals surface area (Å²) in [5.41, 5.74) is 3.45. The number of rotatable bonds is 13. The van der Waals surface area contributed by atoms with Gasteiger partial charge in [0.1, 0.15) is 12.6 Å². The summed E-state index contributed by atoms with van der Waals surface area (Å²) in [4.78, 5) is 29.8. The number of anilines is 1. The lowest BCUT2D eigenvalue weighted by Crippen LogP contribution is -2.53. The third-order valence-electron chi connectivity index (χ3n) is 7.28. The zero-order valence-corrected chi connectivity index (χ0v) is 27.9. The van der Waals surface area contributed by atoms with Crippen LogP contribution in [0, 0.1) is 13.8 Å². The number of aryl methyl sites for hydroxylation is 2. The zero-order valence-electron chi connectivity index (χ0n) is 25.5. The van der Waals surface area contributed by atoms with Crippen molar-refractivity contribution in [1.82, 2.24) is 10.2 Å². The Labute approximate surface area is 275 Å². The lowest BCUT2D eigenvalue weighted by atomic mass is 10.0. The van der Waals surface area contributed by atoms with Gasteiger partial charge in [-0.3, -0.25) is 13.9 Å². The van der Waals surface area contributed by atoms with Crippen LogP contribution in [0.2, 0.25) is 10.0 Å². The van der Waals surface area contributed by atoms with Crippen molar-refractivity contribution in [1.29, 1.82) is 0 Å². The van der Waals surface area contributed by atoms with Gasteiger partial charge in [-0.2, -0.15) is 0 Å². The SMILES string of the molecule is CCCNC(=O)[C@@H](Cc1ccccc1)N(Cc1ccc(Cl)cc1Cl)C(=O)CN(c1cc(C)cc(C)c1)S(=O)(=O)c1ccccc1. The molecule has 10 heteroatoms. The third-order valence-corrected chi connectivity index (χ3v) is 9.66. The van der Waals surface area contributed by atoms with Crippen LogP contribution in [-0.4, -0.2) is 44.3 Å². The molecule has 0 bridgehead atoms. The highest BCUT2D eigenvalue weighted by atomic mass is 35.5. The van der Waals surface area contributed by atoms with Crippen molar-refractivity contribution in [3.05, 3.63) is 129 Å². The minimum atomic E-state index is -4.18. The van der Waals surface area contributed by atoms with E-state index in [2.05, 4.69) is 5.32 Å². The first-order valence-electron chi connectivity index (χ1n) is 14.7. The van der Waals surface area contributed by atoms with Crippen molar-refractivity contribution in [3.8, 4) is 0 Å². The maximum absolute atomic E-state index is 14.5. The fraction of sp³-hybridized carbons (Fsp3) is 0.257. The molecule has 0 aromatic heterocycles. The number of nitrogens with one attached hydrogen (secondary N) is 1. The highest BCUT2D eigenvalue weighted by Gasteiger charge is 2.35. The molecule has 0 fully saturated rings. The van der Waals surface area contributed by atoms with Gasteiger partial charge in [0.05, 0.1) is 10.6 Å². The fourth-order valence-corrected chi connectivity index (χ4v) is 6.98. The molecule has 4 aromatic carbocycles. The summed E-state index contributed by atoms with van der Waals surface area (Å²) >= 11 is 12.7. The molecule has 0 saturated heterocycles. The van der Waals surface area contributed by atoms with E-state index in [1.807, 2.05) is 57.2 Å². The lowest BCUT2D eigenvalue weighted by Gasteiger charge is -2.34. The molecular weight excluding hydrogens is 629 g/mol. The van der Waals surface area contributed by atoms with Crippen LogP contribution in [0.5, 0.6) is 0 Å². The molecule has 0 heterocycles. The van der Waals surface area contributed by atoms with Crippen LogP contribution in [-0.2, 0) is 32.6 Å². The largest absolute Gasteiger partial charge is 0.354 e. The maximum atomic E-state index is 14.5. The topological polar surface area (TPSA) is 86.8 Å². The number of sulfonamides is 1. The third kappa shape index (κ3) is 8.87. The van der Waals surface area contributed by atoms with Crippen LogP contribution in [0.25, 0.3) is 0 Å². The Bertz CT molecular complexity index is 1710. The average molecular weight is 667 g/mol. The zero-order chi connectivity index (χ0) is 32.6. The van der Waals surface area contributed by atoms with E-state index in [-0.39, 0.29) is 23.8 Å². The molecule has 7 nitrogen and oxygen atoms in total. The molecule has 0 aliphatic rings. The summed E-state index contributed by atoms with van der Waals surface area (Å²) in [6, 6.07) is 26.8. The fourth-order valence-electron chi connectivity index (χ4n) is 5.10. The number of halogens is 2. The monoisotopic (exact) mass is 665 g/mol. The first-order valence-corrected chi connectivity index (χ1v) is 16.9. The van der Waals surface area contributed by atoms with E-state index in [0.717, 1.165) is 21.0 Å².